The Balaban J connectivity index is 1.79. The van der Waals surface area contributed by atoms with Crippen LogP contribution in [0, 0.1) is 5.82 Å². The Morgan fingerprint density at radius 3 is 2.56 bits per heavy atom. The van der Waals surface area contributed by atoms with Gasteiger partial charge in [-0.15, -0.1) is 0 Å². The van der Waals surface area contributed by atoms with Crippen molar-refractivity contribution in [3.63, 3.8) is 0 Å². The van der Waals surface area contributed by atoms with Crippen molar-refractivity contribution < 1.29 is 18.8 Å². The third kappa shape index (κ3) is 4.37. The highest BCUT2D eigenvalue weighted by Gasteiger charge is 2.35. The lowest BCUT2D eigenvalue weighted by atomic mass is 10.1. The zero-order valence-electron chi connectivity index (χ0n) is 14.2. The third-order valence-electron chi connectivity index (χ3n) is 3.78. The van der Waals surface area contributed by atoms with Gasteiger partial charge in [0.1, 0.15) is 5.82 Å². The van der Waals surface area contributed by atoms with Crippen LogP contribution in [-0.4, -0.2) is 22.0 Å². The number of carbonyl (C=O) groups is 3. The predicted molar refractivity (Wildman–Crippen MR) is 104 cm³/mol. The van der Waals surface area contributed by atoms with Gasteiger partial charge in [-0.2, -0.15) is 0 Å². The van der Waals surface area contributed by atoms with Crippen LogP contribution < -0.4 is 5.32 Å². The molecule has 0 bridgehead atoms. The van der Waals surface area contributed by atoms with Crippen molar-refractivity contribution in [2.75, 3.05) is 5.32 Å². The van der Waals surface area contributed by atoms with Crippen LogP contribution in [0.2, 0.25) is 5.02 Å². The smallest absolute Gasteiger partial charge is 0.293 e. The van der Waals surface area contributed by atoms with Crippen LogP contribution in [0.5, 0.6) is 0 Å². The van der Waals surface area contributed by atoms with Crippen molar-refractivity contribution in [1.82, 2.24) is 4.90 Å². The molecular weight excluding hydrogens is 391 g/mol. The Morgan fingerprint density at radius 1 is 1.22 bits per heavy atom. The van der Waals surface area contributed by atoms with E-state index in [1.807, 2.05) is 0 Å². The highest BCUT2D eigenvalue weighted by molar-refractivity contribution is 8.18. The molecule has 1 fully saturated rings. The van der Waals surface area contributed by atoms with E-state index in [1.54, 1.807) is 30.3 Å². The molecule has 2 aromatic rings. The van der Waals surface area contributed by atoms with Crippen LogP contribution in [0.15, 0.2) is 47.4 Å². The van der Waals surface area contributed by atoms with Gasteiger partial charge in [-0.1, -0.05) is 29.8 Å². The molecule has 1 N–H and O–H groups in total. The number of imide groups is 1. The van der Waals surface area contributed by atoms with Crippen molar-refractivity contribution in [3.8, 4) is 0 Å². The molecular formula is C19H14ClFN2O3S. The summed E-state index contributed by atoms with van der Waals surface area (Å²) in [5.41, 5.74) is 1.42. The van der Waals surface area contributed by atoms with Gasteiger partial charge in [0.05, 0.1) is 11.4 Å². The Kier molecular flexibility index (Phi) is 5.62. The van der Waals surface area contributed by atoms with Crippen molar-refractivity contribution in [1.29, 1.82) is 0 Å². The minimum Gasteiger partial charge on any atom is -0.326 e. The summed E-state index contributed by atoms with van der Waals surface area (Å²) in [7, 11) is 0. The molecule has 5 nitrogen and oxygen atoms in total. The van der Waals surface area contributed by atoms with Crippen molar-refractivity contribution in [3.05, 3.63) is 69.3 Å². The zero-order chi connectivity index (χ0) is 19.6. The maximum Gasteiger partial charge on any atom is 0.293 e. The van der Waals surface area contributed by atoms with Gasteiger partial charge in [0.25, 0.3) is 11.1 Å². The summed E-state index contributed by atoms with van der Waals surface area (Å²) < 4.78 is 13.9. The molecule has 1 aliphatic heterocycles. The number of benzene rings is 2. The van der Waals surface area contributed by atoms with Gasteiger partial charge in [-0.25, -0.2) is 4.39 Å². The van der Waals surface area contributed by atoms with E-state index in [4.69, 9.17) is 11.6 Å². The van der Waals surface area contributed by atoms with Crippen LogP contribution in [0.3, 0.4) is 0 Å². The van der Waals surface area contributed by atoms with Crippen molar-refractivity contribution >= 4 is 52.2 Å². The monoisotopic (exact) mass is 404 g/mol. The molecule has 0 unspecified atom stereocenters. The molecule has 0 saturated carbocycles. The summed E-state index contributed by atoms with van der Waals surface area (Å²) in [6.45, 7) is 1.18. The number of hydrogen-bond acceptors (Lipinski definition) is 4. The number of halogens is 2. The van der Waals surface area contributed by atoms with Crippen LogP contribution in [-0.2, 0) is 16.1 Å². The minimum atomic E-state index is -0.570. The zero-order valence-corrected chi connectivity index (χ0v) is 15.7. The average molecular weight is 405 g/mol. The summed E-state index contributed by atoms with van der Waals surface area (Å²) in [5.74, 6) is -1.26. The van der Waals surface area contributed by atoms with Gasteiger partial charge in [0, 0.05) is 23.2 Å². The topological polar surface area (TPSA) is 66.5 Å². The fourth-order valence-corrected chi connectivity index (χ4v) is 3.56. The summed E-state index contributed by atoms with van der Waals surface area (Å²) in [6.07, 6.45) is 1.57. The molecule has 27 heavy (non-hydrogen) atoms. The largest absolute Gasteiger partial charge is 0.326 e. The van der Waals surface area contributed by atoms with Gasteiger partial charge in [-0.05, 0) is 47.7 Å². The number of thioether (sulfide) groups is 1. The number of carbonyl (C=O) groups excluding carboxylic acids is 3. The first-order valence-corrected chi connectivity index (χ1v) is 9.10. The van der Waals surface area contributed by atoms with Gasteiger partial charge in [0.2, 0.25) is 5.91 Å². The summed E-state index contributed by atoms with van der Waals surface area (Å²) >= 11 is 6.77. The van der Waals surface area contributed by atoms with Gasteiger partial charge in [-0.3, -0.25) is 19.3 Å². The lowest BCUT2D eigenvalue weighted by molar-refractivity contribution is -0.123. The Hall–Kier alpha value is -2.64. The SMILES string of the molecule is CC(=O)Nc1ccc(/C=C2\SC(=O)N(Cc3c(F)cccc3Cl)C2=O)cc1. The van der Waals surface area contributed by atoms with E-state index in [-0.39, 0.29) is 27.9 Å². The van der Waals surface area contributed by atoms with E-state index in [9.17, 15) is 18.8 Å². The first-order chi connectivity index (χ1) is 12.8. The molecule has 2 aromatic carbocycles. The third-order valence-corrected chi connectivity index (χ3v) is 5.04. The number of amides is 3. The standard InChI is InChI=1S/C19H14ClFN2O3S/c1-11(24)22-13-7-5-12(6-8-13)9-17-18(25)23(19(26)27-17)10-14-15(20)3-2-4-16(14)21/h2-9H,10H2,1H3,(H,22,24)/b17-9-. The number of anilines is 1. The van der Waals surface area contributed by atoms with Crippen molar-refractivity contribution in [2.45, 2.75) is 13.5 Å². The lowest BCUT2D eigenvalue weighted by Crippen LogP contribution is -2.28. The van der Waals surface area contributed by atoms with E-state index < -0.39 is 17.0 Å². The van der Waals surface area contributed by atoms with E-state index in [2.05, 4.69) is 5.32 Å². The summed E-state index contributed by atoms with van der Waals surface area (Å²) in [5, 5.41) is 2.32. The number of rotatable bonds is 4. The second-order valence-corrected chi connectivity index (χ2v) is 7.17. The van der Waals surface area contributed by atoms with E-state index in [0.29, 0.717) is 11.3 Å². The molecule has 1 saturated heterocycles. The van der Waals surface area contributed by atoms with Gasteiger partial charge >= 0.3 is 0 Å². The fourth-order valence-electron chi connectivity index (χ4n) is 2.50. The molecule has 0 atom stereocenters. The van der Waals surface area contributed by atoms with Gasteiger partial charge < -0.3 is 5.32 Å². The fraction of sp³-hybridized carbons (Fsp3) is 0.105. The normalized spacial score (nSPS) is 15.5. The molecule has 1 heterocycles. The first-order valence-electron chi connectivity index (χ1n) is 7.91. The van der Waals surface area contributed by atoms with E-state index >= 15 is 0 Å². The Bertz CT molecular complexity index is 940. The lowest BCUT2D eigenvalue weighted by Gasteiger charge is -2.14. The molecule has 0 aliphatic carbocycles. The maximum absolute atomic E-state index is 13.9. The molecule has 1 aliphatic rings. The maximum atomic E-state index is 13.9. The molecule has 3 rings (SSSR count). The quantitative estimate of drug-likeness (QED) is 0.752. The van der Waals surface area contributed by atoms with Crippen LogP contribution in [0.1, 0.15) is 18.1 Å². The second-order valence-electron chi connectivity index (χ2n) is 5.77. The molecule has 0 spiro atoms. The summed E-state index contributed by atoms with van der Waals surface area (Å²) in [6, 6.07) is 11.0. The number of nitrogens with one attached hydrogen (secondary N) is 1. The van der Waals surface area contributed by atoms with E-state index in [0.717, 1.165) is 16.7 Å². The first kappa shape index (κ1) is 19.1. The number of hydrogen-bond donors (Lipinski definition) is 1. The average Bonchev–Trinajstić information content (AvgIpc) is 2.86. The van der Waals surface area contributed by atoms with Crippen LogP contribution >= 0.6 is 23.4 Å². The summed E-state index contributed by atoms with van der Waals surface area (Å²) in [4.78, 5) is 37.0. The second kappa shape index (κ2) is 7.94. The molecule has 0 radical (unpaired) electrons. The molecule has 0 aromatic heterocycles. The van der Waals surface area contributed by atoms with Gasteiger partial charge in [0.15, 0.2) is 0 Å². The Morgan fingerprint density at radius 2 is 1.93 bits per heavy atom. The van der Waals surface area contributed by atoms with E-state index in [1.165, 1.54) is 25.1 Å². The minimum absolute atomic E-state index is 0.0994. The Labute approximate surface area is 164 Å². The highest BCUT2D eigenvalue weighted by atomic mass is 35.5. The molecule has 8 heteroatoms. The van der Waals surface area contributed by atoms with Crippen LogP contribution in [0.4, 0.5) is 14.9 Å². The molecule has 3 amide bonds. The molecule has 138 valence electrons. The number of nitrogens with zero attached hydrogens (tertiary/aromatic N) is 1. The van der Waals surface area contributed by atoms with Crippen molar-refractivity contribution in [2.24, 2.45) is 0 Å². The predicted octanol–water partition coefficient (Wildman–Crippen LogP) is 4.67. The van der Waals surface area contributed by atoms with Crippen LogP contribution in [0.25, 0.3) is 6.08 Å². The highest BCUT2D eigenvalue weighted by Crippen LogP contribution is 2.34.